The first-order chi connectivity index (χ1) is 7.55. The topological polar surface area (TPSA) is 49.8 Å². The molecule has 0 aromatic heterocycles. The highest BCUT2D eigenvalue weighted by Gasteiger charge is 2.16. The van der Waals surface area contributed by atoms with Gasteiger partial charge in [-0.05, 0) is 37.1 Å². The van der Waals surface area contributed by atoms with Crippen LogP contribution in [0.4, 0.5) is 0 Å². The molecule has 2 nitrogen and oxygen atoms in total. The van der Waals surface area contributed by atoms with Crippen molar-refractivity contribution in [1.29, 1.82) is 5.26 Å². The van der Waals surface area contributed by atoms with E-state index in [9.17, 15) is 0 Å². The van der Waals surface area contributed by atoms with Crippen LogP contribution in [-0.4, -0.2) is 11.3 Å². The zero-order valence-corrected chi connectivity index (χ0v) is 10.7. The van der Waals surface area contributed by atoms with Crippen molar-refractivity contribution in [3.63, 3.8) is 0 Å². The fourth-order valence-corrected chi connectivity index (χ4v) is 2.55. The van der Waals surface area contributed by atoms with Gasteiger partial charge < -0.3 is 5.73 Å². The van der Waals surface area contributed by atoms with Crippen LogP contribution in [0, 0.1) is 18.3 Å². The van der Waals surface area contributed by atoms with Crippen LogP contribution in [0.5, 0.6) is 0 Å². The Morgan fingerprint density at radius 3 is 2.75 bits per heavy atom. The second-order valence-electron chi connectivity index (χ2n) is 4.26. The molecule has 3 heteroatoms. The smallest absolute Gasteiger partial charge is 0.102 e. The van der Waals surface area contributed by atoms with Gasteiger partial charge in [-0.25, -0.2) is 0 Å². The first kappa shape index (κ1) is 13.1. The fourth-order valence-electron chi connectivity index (χ4n) is 1.29. The van der Waals surface area contributed by atoms with E-state index in [2.05, 4.69) is 37.3 Å². The van der Waals surface area contributed by atoms with E-state index >= 15 is 0 Å². The van der Waals surface area contributed by atoms with Crippen LogP contribution in [0.15, 0.2) is 24.3 Å². The third-order valence-electron chi connectivity index (χ3n) is 2.54. The normalized spacial score (nSPS) is 14.1. The molecule has 0 fully saturated rings. The van der Waals surface area contributed by atoms with Crippen LogP contribution in [-0.2, 0) is 5.75 Å². The van der Waals surface area contributed by atoms with Crippen molar-refractivity contribution in [2.75, 3.05) is 5.75 Å². The molecule has 0 saturated carbocycles. The maximum Gasteiger partial charge on any atom is 0.102 e. The van der Waals surface area contributed by atoms with Gasteiger partial charge in [-0.3, -0.25) is 0 Å². The van der Waals surface area contributed by atoms with Gasteiger partial charge >= 0.3 is 0 Å². The number of aryl methyl sites for hydroxylation is 1. The molecule has 1 aromatic rings. The Kier molecular flexibility index (Phi) is 4.85. The van der Waals surface area contributed by atoms with Crippen molar-refractivity contribution < 1.29 is 0 Å². The molecule has 0 aliphatic carbocycles. The van der Waals surface area contributed by atoms with Crippen molar-refractivity contribution >= 4 is 11.8 Å². The summed E-state index contributed by atoms with van der Waals surface area (Å²) in [5, 5.41) is 8.77. The molecule has 0 aliphatic rings. The summed E-state index contributed by atoms with van der Waals surface area (Å²) in [5.74, 6) is 1.92. The van der Waals surface area contributed by atoms with E-state index in [4.69, 9.17) is 11.0 Å². The third-order valence-corrected chi connectivity index (χ3v) is 3.55. The highest BCUT2D eigenvalue weighted by molar-refractivity contribution is 7.98. The maximum absolute atomic E-state index is 8.77. The minimum atomic E-state index is -0.682. The van der Waals surface area contributed by atoms with Crippen molar-refractivity contribution in [3.05, 3.63) is 35.4 Å². The minimum absolute atomic E-state index is 0.682. The number of thioether (sulfide) groups is 1. The SMILES string of the molecule is Cc1ccccc1CSCCC(C)(N)C#N. The summed E-state index contributed by atoms with van der Waals surface area (Å²) < 4.78 is 0. The zero-order chi connectivity index (χ0) is 12.0. The van der Waals surface area contributed by atoms with Gasteiger partial charge in [0.05, 0.1) is 6.07 Å². The van der Waals surface area contributed by atoms with Gasteiger partial charge in [0.15, 0.2) is 0 Å². The summed E-state index contributed by atoms with van der Waals surface area (Å²) in [5.41, 5.74) is 7.76. The lowest BCUT2D eigenvalue weighted by Gasteiger charge is -2.14. The van der Waals surface area contributed by atoms with E-state index in [-0.39, 0.29) is 0 Å². The molecule has 0 aliphatic heterocycles. The number of nitrogens with zero attached hydrogens (tertiary/aromatic N) is 1. The molecule has 1 atom stereocenters. The average Bonchev–Trinajstić information content (AvgIpc) is 2.27. The molecule has 0 amide bonds. The lowest BCUT2D eigenvalue weighted by Crippen LogP contribution is -2.34. The van der Waals surface area contributed by atoms with Crippen molar-refractivity contribution in [1.82, 2.24) is 0 Å². The van der Waals surface area contributed by atoms with E-state index in [0.717, 1.165) is 17.9 Å². The Bertz CT molecular complexity index is 380. The molecule has 0 spiro atoms. The average molecular weight is 234 g/mol. The second kappa shape index (κ2) is 5.93. The van der Waals surface area contributed by atoms with E-state index in [1.807, 2.05) is 11.8 Å². The first-order valence-electron chi connectivity index (χ1n) is 5.37. The zero-order valence-electron chi connectivity index (χ0n) is 9.86. The summed E-state index contributed by atoms with van der Waals surface area (Å²) in [7, 11) is 0. The van der Waals surface area contributed by atoms with Crippen molar-refractivity contribution in [3.8, 4) is 6.07 Å². The molecule has 2 N–H and O–H groups in total. The van der Waals surface area contributed by atoms with Gasteiger partial charge in [0, 0.05) is 5.75 Å². The van der Waals surface area contributed by atoms with Gasteiger partial charge in [-0.1, -0.05) is 24.3 Å². The third kappa shape index (κ3) is 4.26. The largest absolute Gasteiger partial charge is 0.314 e. The molecule has 0 saturated heterocycles. The summed E-state index contributed by atoms with van der Waals surface area (Å²) in [6.07, 6.45) is 0.736. The Morgan fingerprint density at radius 2 is 2.12 bits per heavy atom. The molecule has 86 valence electrons. The van der Waals surface area contributed by atoms with Crippen molar-refractivity contribution in [2.24, 2.45) is 5.73 Å². The molecule has 0 radical (unpaired) electrons. The number of hydrogen-bond acceptors (Lipinski definition) is 3. The Hall–Kier alpha value is -0.980. The predicted octanol–water partition coefficient (Wildman–Crippen LogP) is 2.86. The summed E-state index contributed by atoms with van der Waals surface area (Å²) in [4.78, 5) is 0. The lowest BCUT2D eigenvalue weighted by atomic mass is 10.0. The quantitative estimate of drug-likeness (QED) is 0.797. The van der Waals surface area contributed by atoms with Crippen LogP contribution in [0.1, 0.15) is 24.5 Å². The van der Waals surface area contributed by atoms with Gasteiger partial charge in [-0.15, -0.1) is 0 Å². The van der Waals surface area contributed by atoms with Gasteiger partial charge in [-0.2, -0.15) is 17.0 Å². The molecule has 0 bridgehead atoms. The molecule has 1 unspecified atom stereocenters. The van der Waals surface area contributed by atoms with E-state index in [1.54, 1.807) is 6.92 Å². The predicted molar refractivity (Wildman–Crippen MR) is 70.2 cm³/mol. The van der Waals surface area contributed by atoms with Crippen LogP contribution in [0.25, 0.3) is 0 Å². The number of nitrogens with two attached hydrogens (primary N) is 1. The summed E-state index contributed by atoms with van der Waals surface area (Å²) >= 11 is 1.83. The number of rotatable bonds is 5. The van der Waals surface area contributed by atoms with Crippen LogP contribution >= 0.6 is 11.8 Å². The van der Waals surface area contributed by atoms with Gasteiger partial charge in [0.1, 0.15) is 5.54 Å². The Labute approximate surface area is 102 Å². The highest BCUT2D eigenvalue weighted by Crippen LogP contribution is 2.18. The molecular formula is C13H18N2S. The highest BCUT2D eigenvalue weighted by atomic mass is 32.2. The lowest BCUT2D eigenvalue weighted by molar-refractivity contribution is 0.583. The minimum Gasteiger partial charge on any atom is -0.314 e. The molecule has 0 heterocycles. The second-order valence-corrected chi connectivity index (χ2v) is 5.36. The number of hydrogen-bond donors (Lipinski definition) is 1. The van der Waals surface area contributed by atoms with E-state index in [1.165, 1.54) is 11.1 Å². The standard InChI is InChI=1S/C13H18N2S/c1-11-5-3-4-6-12(11)9-16-8-7-13(2,15)10-14/h3-6H,7-9,15H2,1-2H3. The number of nitriles is 1. The van der Waals surface area contributed by atoms with Gasteiger partial charge in [0.2, 0.25) is 0 Å². The van der Waals surface area contributed by atoms with E-state index < -0.39 is 5.54 Å². The fraction of sp³-hybridized carbons (Fsp3) is 0.462. The summed E-state index contributed by atoms with van der Waals surface area (Å²) in [6, 6.07) is 10.5. The van der Waals surface area contributed by atoms with Gasteiger partial charge in [0.25, 0.3) is 0 Å². The molecule has 1 aromatic carbocycles. The summed E-state index contributed by atoms with van der Waals surface area (Å²) in [6.45, 7) is 3.90. The molecule has 16 heavy (non-hydrogen) atoms. The number of benzene rings is 1. The Morgan fingerprint density at radius 1 is 1.44 bits per heavy atom. The van der Waals surface area contributed by atoms with Crippen LogP contribution in [0.3, 0.4) is 0 Å². The van der Waals surface area contributed by atoms with Crippen LogP contribution in [0.2, 0.25) is 0 Å². The molecule has 1 rings (SSSR count). The monoisotopic (exact) mass is 234 g/mol. The first-order valence-corrected chi connectivity index (χ1v) is 6.53. The van der Waals surface area contributed by atoms with E-state index in [0.29, 0.717) is 0 Å². The Balaban J connectivity index is 2.33. The van der Waals surface area contributed by atoms with Crippen LogP contribution < -0.4 is 5.73 Å². The van der Waals surface area contributed by atoms with Crippen molar-refractivity contribution in [2.45, 2.75) is 31.6 Å². The maximum atomic E-state index is 8.77. The molecular weight excluding hydrogens is 216 g/mol.